The van der Waals surface area contributed by atoms with E-state index in [1.54, 1.807) is 36.4 Å². The molecule has 0 aromatic heterocycles. The third kappa shape index (κ3) is 6.00. The van der Waals surface area contributed by atoms with E-state index in [1.165, 1.54) is 6.92 Å². The summed E-state index contributed by atoms with van der Waals surface area (Å²) >= 11 is 0. The van der Waals surface area contributed by atoms with Crippen LogP contribution in [0.3, 0.4) is 0 Å². The number of carbonyl (C=O) groups excluding carboxylic acids is 1. The van der Waals surface area contributed by atoms with Crippen molar-refractivity contribution in [2.24, 2.45) is 0 Å². The fourth-order valence-corrected chi connectivity index (χ4v) is 1.43. The molecule has 0 saturated carbocycles. The monoisotopic (exact) mass is 276 g/mol. The normalized spacial score (nSPS) is 8.52. The van der Waals surface area contributed by atoms with Crippen molar-refractivity contribution in [3.05, 3.63) is 59.7 Å². The van der Waals surface area contributed by atoms with E-state index >= 15 is 0 Å². The maximum Gasteiger partial charge on any atom is 0.221 e. The van der Waals surface area contributed by atoms with Crippen LogP contribution < -0.4 is 11.1 Å². The number of benzene rings is 2. The van der Waals surface area contributed by atoms with Gasteiger partial charge in [-0.3, -0.25) is 4.79 Å². The Morgan fingerprint density at radius 3 is 1.76 bits per heavy atom. The van der Waals surface area contributed by atoms with Crippen molar-refractivity contribution < 1.29 is 4.79 Å². The zero-order valence-electron chi connectivity index (χ0n) is 11.8. The molecule has 0 unspecified atom stereocenters. The van der Waals surface area contributed by atoms with Gasteiger partial charge in [-0.05, 0) is 48.5 Å². The fraction of sp³-hybridized carbons (Fsp3) is 0.0556. The van der Waals surface area contributed by atoms with Gasteiger partial charge in [0.2, 0.25) is 5.91 Å². The molecule has 0 atom stereocenters. The summed E-state index contributed by atoms with van der Waals surface area (Å²) in [6, 6.07) is 14.3. The van der Waals surface area contributed by atoms with Gasteiger partial charge in [-0.25, -0.2) is 0 Å². The first kappa shape index (κ1) is 15.9. The molecule has 0 aliphatic carbocycles. The highest BCUT2D eigenvalue weighted by molar-refractivity contribution is 5.88. The maximum atomic E-state index is 10.6. The van der Waals surface area contributed by atoms with Crippen LogP contribution in [0.25, 0.3) is 0 Å². The molecule has 21 heavy (non-hydrogen) atoms. The second-order valence-corrected chi connectivity index (χ2v) is 4.17. The number of nitrogens with two attached hydrogens (primary N) is 1. The SMILES string of the molecule is C#Cc1ccc(N)cc1.C#Cc1ccc(NC(C)=O)cc1. The lowest BCUT2D eigenvalue weighted by molar-refractivity contribution is -0.114. The second-order valence-electron chi connectivity index (χ2n) is 4.17. The summed E-state index contributed by atoms with van der Waals surface area (Å²) in [7, 11) is 0. The van der Waals surface area contributed by atoms with Crippen molar-refractivity contribution in [3.63, 3.8) is 0 Å². The largest absolute Gasteiger partial charge is 0.399 e. The Morgan fingerprint density at radius 1 is 0.952 bits per heavy atom. The van der Waals surface area contributed by atoms with Crippen LogP contribution in [0.2, 0.25) is 0 Å². The van der Waals surface area contributed by atoms with Crippen LogP contribution >= 0.6 is 0 Å². The minimum Gasteiger partial charge on any atom is -0.399 e. The highest BCUT2D eigenvalue weighted by Gasteiger charge is 1.93. The number of terminal acetylenes is 2. The Bertz CT molecular complexity index is 671. The Balaban J connectivity index is 0.000000219. The first-order valence-electron chi connectivity index (χ1n) is 6.21. The maximum absolute atomic E-state index is 10.6. The molecule has 0 aliphatic rings. The second kappa shape index (κ2) is 8.09. The lowest BCUT2D eigenvalue weighted by Gasteiger charge is -2.00. The number of nitrogens with one attached hydrogen (secondary N) is 1. The number of carbonyl (C=O) groups is 1. The predicted octanol–water partition coefficient (Wildman–Crippen LogP) is 2.88. The third-order valence-corrected chi connectivity index (χ3v) is 2.45. The summed E-state index contributed by atoms with van der Waals surface area (Å²) in [5.41, 5.74) is 8.60. The van der Waals surface area contributed by atoms with Gasteiger partial charge in [0, 0.05) is 29.4 Å². The summed E-state index contributed by atoms with van der Waals surface area (Å²) in [5.74, 6) is 4.91. The third-order valence-electron chi connectivity index (χ3n) is 2.45. The number of hydrogen-bond acceptors (Lipinski definition) is 2. The zero-order chi connectivity index (χ0) is 15.7. The number of rotatable bonds is 1. The van der Waals surface area contributed by atoms with Gasteiger partial charge in [0.15, 0.2) is 0 Å². The van der Waals surface area contributed by atoms with E-state index in [4.69, 9.17) is 18.6 Å². The molecule has 0 bridgehead atoms. The molecule has 0 aliphatic heterocycles. The van der Waals surface area contributed by atoms with Crippen LogP contribution in [0.5, 0.6) is 0 Å². The molecule has 2 rings (SSSR count). The van der Waals surface area contributed by atoms with Crippen LogP contribution in [-0.4, -0.2) is 5.91 Å². The van der Waals surface area contributed by atoms with Gasteiger partial charge in [0.1, 0.15) is 0 Å². The number of anilines is 2. The first-order chi connectivity index (χ1) is 10.0. The Labute approximate surface area is 125 Å². The number of nitrogen functional groups attached to an aromatic ring is 1. The van der Waals surface area contributed by atoms with Crippen molar-refractivity contribution in [3.8, 4) is 24.7 Å². The van der Waals surface area contributed by atoms with Gasteiger partial charge in [0.25, 0.3) is 0 Å². The molecule has 104 valence electrons. The summed E-state index contributed by atoms with van der Waals surface area (Å²) in [6.45, 7) is 1.47. The molecule has 3 heteroatoms. The van der Waals surface area contributed by atoms with Crippen LogP contribution in [-0.2, 0) is 4.79 Å². The van der Waals surface area contributed by atoms with Gasteiger partial charge < -0.3 is 11.1 Å². The average molecular weight is 276 g/mol. The van der Waals surface area contributed by atoms with Crippen molar-refractivity contribution >= 4 is 17.3 Å². The lowest BCUT2D eigenvalue weighted by atomic mass is 10.2. The van der Waals surface area contributed by atoms with Crippen molar-refractivity contribution in [2.45, 2.75) is 6.92 Å². The fourth-order valence-electron chi connectivity index (χ4n) is 1.43. The Hall–Kier alpha value is -3.17. The Kier molecular flexibility index (Phi) is 6.12. The van der Waals surface area contributed by atoms with Gasteiger partial charge in [-0.15, -0.1) is 12.8 Å². The molecule has 0 spiro atoms. The van der Waals surface area contributed by atoms with Crippen molar-refractivity contribution in [2.75, 3.05) is 11.1 Å². The molecule has 2 aromatic rings. The molecular formula is C18H16N2O. The summed E-state index contributed by atoms with van der Waals surface area (Å²) in [4.78, 5) is 10.6. The topological polar surface area (TPSA) is 55.1 Å². The predicted molar refractivity (Wildman–Crippen MR) is 87.5 cm³/mol. The summed E-state index contributed by atoms with van der Waals surface area (Å²) in [6.07, 6.45) is 10.3. The van der Waals surface area contributed by atoms with Crippen LogP contribution in [0.15, 0.2) is 48.5 Å². The minimum absolute atomic E-state index is 0.0801. The van der Waals surface area contributed by atoms with E-state index in [2.05, 4.69) is 17.2 Å². The van der Waals surface area contributed by atoms with E-state index in [1.807, 2.05) is 12.1 Å². The lowest BCUT2D eigenvalue weighted by Crippen LogP contribution is -2.05. The molecule has 0 fully saturated rings. The van der Waals surface area contributed by atoms with Gasteiger partial charge in [0.05, 0.1) is 0 Å². The van der Waals surface area contributed by atoms with Crippen LogP contribution in [0.1, 0.15) is 18.1 Å². The summed E-state index contributed by atoms with van der Waals surface area (Å²) in [5, 5.41) is 2.65. The molecule has 1 amide bonds. The molecule has 0 radical (unpaired) electrons. The van der Waals surface area contributed by atoms with E-state index in [-0.39, 0.29) is 5.91 Å². The Morgan fingerprint density at radius 2 is 1.38 bits per heavy atom. The molecule has 3 N–H and O–H groups in total. The van der Waals surface area contributed by atoms with Gasteiger partial charge in [-0.1, -0.05) is 11.8 Å². The van der Waals surface area contributed by atoms with Gasteiger partial charge >= 0.3 is 0 Å². The molecule has 3 nitrogen and oxygen atoms in total. The minimum atomic E-state index is -0.0801. The number of amides is 1. The van der Waals surface area contributed by atoms with E-state index in [9.17, 15) is 4.79 Å². The molecular weight excluding hydrogens is 260 g/mol. The van der Waals surface area contributed by atoms with E-state index in [0.29, 0.717) is 0 Å². The molecule has 0 heterocycles. The van der Waals surface area contributed by atoms with Crippen molar-refractivity contribution in [1.82, 2.24) is 0 Å². The quantitative estimate of drug-likeness (QED) is 0.621. The molecule has 2 aromatic carbocycles. The van der Waals surface area contributed by atoms with Crippen LogP contribution in [0, 0.1) is 24.7 Å². The highest BCUT2D eigenvalue weighted by Crippen LogP contribution is 2.08. The highest BCUT2D eigenvalue weighted by atomic mass is 16.1. The zero-order valence-corrected chi connectivity index (χ0v) is 11.8. The number of hydrogen-bond donors (Lipinski definition) is 2. The van der Waals surface area contributed by atoms with E-state index in [0.717, 1.165) is 22.5 Å². The molecule has 0 saturated heterocycles. The van der Waals surface area contributed by atoms with Crippen molar-refractivity contribution in [1.29, 1.82) is 0 Å². The summed E-state index contributed by atoms with van der Waals surface area (Å²) < 4.78 is 0. The van der Waals surface area contributed by atoms with E-state index < -0.39 is 0 Å². The van der Waals surface area contributed by atoms with Gasteiger partial charge in [-0.2, -0.15) is 0 Å². The standard InChI is InChI=1S/C10H9NO.C8H7N/c1-3-9-4-6-10(7-5-9)11-8(2)12;1-2-7-3-5-8(9)6-4-7/h1,4-7H,2H3,(H,11,12);1,3-6H,9H2. The first-order valence-corrected chi connectivity index (χ1v) is 6.21. The average Bonchev–Trinajstić information content (AvgIpc) is 2.49. The van der Waals surface area contributed by atoms with Crippen LogP contribution in [0.4, 0.5) is 11.4 Å². The smallest absolute Gasteiger partial charge is 0.221 e.